The van der Waals surface area contributed by atoms with Crippen molar-refractivity contribution in [2.24, 2.45) is 5.73 Å². The first-order valence-electron chi connectivity index (χ1n) is 7.75. The molecule has 0 radical (unpaired) electrons. The van der Waals surface area contributed by atoms with Gasteiger partial charge in [0.1, 0.15) is 24.0 Å². The van der Waals surface area contributed by atoms with E-state index in [1.807, 2.05) is 37.3 Å². The Balaban J connectivity index is 2.16. The third-order valence-electron chi connectivity index (χ3n) is 3.56. The van der Waals surface area contributed by atoms with Crippen molar-refractivity contribution in [3.63, 3.8) is 0 Å². The first-order valence-corrected chi connectivity index (χ1v) is 7.75. The molecule has 4 nitrogen and oxygen atoms in total. The number of halogens is 1. The lowest BCUT2D eigenvalue weighted by molar-refractivity contribution is -0.115. The van der Waals surface area contributed by atoms with Crippen molar-refractivity contribution < 1.29 is 18.7 Å². The van der Waals surface area contributed by atoms with Crippen LogP contribution < -0.4 is 10.5 Å². The number of nitrogens with two attached hydrogens (primary N) is 1. The predicted octanol–water partition coefficient (Wildman–Crippen LogP) is 3.27. The Morgan fingerprint density at radius 2 is 1.79 bits per heavy atom. The zero-order valence-electron chi connectivity index (χ0n) is 13.8. The zero-order chi connectivity index (χ0) is 17.6. The molecule has 2 aromatic carbocycles. The van der Waals surface area contributed by atoms with Crippen LogP contribution in [0.2, 0.25) is 0 Å². The van der Waals surface area contributed by atoms with Gasteiger partial charge >= 0.3 is 0 Å². The van der Waals surface area contributed by atoms with Crippen LogP contribution in [0.1, 0.15) is 25.5 Å². The highest BCUT2D eigenvalue weighted by Gasteiger charge is 2.26. The van der Waals surface area contributed by atoms with Crippen molar-refractivity contribution in [2.45, 2.75) is 31.6 Å². The summed E-state index contributed by atoms with van der Waals surface area (Å²) in [6, 6.07) is 15.4. The summed E-state index contributed by atoms with van der Waals surface area (Å²) >= 11 is 0. The molecule has 0 saturated carbocycles. The molecule has 3 atom stereocenters. The molecule has 0 aliphatic carbocycles. The van der Waals surface area contributed by atoms with E-state index in [2.05, 4.69) is 0 Å². The van der Waals surface area contributed by atoms with Gasteiger partial charge in [-0.1, -0.05) is 30.3 Å². The average molecular weight is 331 g/mol. The number of carbonyl (C=O) groups is 1. The smallest absolute Gasteiger partial charge is 0.149 e. The van der Waals surface area contributed by atoms with Crippen LogP contribution in [0.3, 0.4) is 0 Å². The number of rotatable bonds is 8. The summed E-state index contributed by atoms with van der Waals surface area (Å²) in [7, 11) is 0. The van der Waals surface area contributed by atoms with Crippen molar-refractivity contribution in [3.8, 4) is 5.75 Å². The van der Waals surface area contributed by atoms with Crippen molar-refractivity contribution in [2.75, 3.05) is 6.61 Å². The molecule has 2 N–H and O–H groups in total. The molecule has 0 saturated heterocycles. The minimum atomic E-state index is -1.05. The lowest BCUT2D eigenvalue weighted by atomic mass is 10.0. The molecule has 0 heterocycles. The van der Waals surface area contributed by atoms with Gasteiger partial charge in [-0.15, -0.1) is 0 Å². The van der Waals surface area contributed by atoms with E-state index in [1.54, 1.807) is 19.1 Å². The van der Waals surface area contributed by atoms with E-state index in [0.717, 1.165) is 5.56 Å². The first-order chi connectivity index (χ1) is 11.4. The number of benzene rings is 2. The van der Waals surface area contributed by atoms with E-state index in [-0.39, 0.29) is 18.5 Å². The highest BCUT2D eigenvalue weighted by molar-refractivity contribution is 5.63. The number of hydrogen-bond acceptors (Lipinski definition) is 4. The maximum absolute atomic E-state index is 13.1. The van der Waals surface area contributed by atoms with Crippen molar-refractivity contribution >= 4 is 6.29 Å². The molecule has 0 amide bonds. The molecule has 0 aliphatic heterocycles. The minimum Gasteiger partial charge on any atom is -0.483 e. The number of ether oxygens (including phenoxy) is 2. The summed E-state index contributed by atoms with van der Waals surface area (Å²) in [5.74, 6) is 0.208. The number of carbonyl (C=O) groups excluding carboxylic acids is 1. The molecular formula is C19H22FNO3. The van der Waals surface area contributed by atoms with Gasteiger partial charge in [0.15, 0.2) is 0 Å². The molecule has 0 aromatic heterocycles. The quantitative estimate of drug-likeness (QED) is 0.754. The first kappa shape index (κ1) is 18.1. The van der Waals surface area contributed by atoms with Crippen LogP contribution in [0.25, 0.3) is 0 Å². The summed E-state index contributed by atoms with van der Waals surface area (Å²) in [6.07, 6.45) is -0.114. The molecule has 0 spiro atoms. The molecule has 128 valence electrons. The third kappa shape index (κ3) is 5.15. The van der Waals surface area contributed by atoms with Crippen LogP contribution in [0.5, 0.6) is 5.75 Å². The van der Waals surface area contributed by atoms with Crippen LogP contribution >= 0.6 is 0 Å². The zero-order valence-corrected chi connectivity index (χ0v) is 13.8. The second-order valence-corrected chi connectivity index (χ2v) is 6.04. The lowest BCUT2D eigenvalue weighted by Gasteiger charge is -2.28. The van der Waals surface area contributed by atoms with Crippen LogP contribution in [0.15, 0.2) is 54.6 Å². The monoisotopic (exact) mass is 331 g/mol. The Labute approximate surface area is 141 Å². The van der Waals surface area contributed by atoms with E-state index in [4.69, 9.17) is 15.2 Å². The van der Waals surface area contributed by atoms with Gasteiger partial charge < -0.3 is 20.0 Å². The van der Waals surface area contributed by atoms with Gasteiger partial charge in [-0.05, 0) is 43.7 Å². The fourth-order valence-electron chi connectivity index (χ4n) is 2.17. The maximum Gasteiger partial charge on any atom is 0.149 e. The summed E-state index contributed by atoms with van der Waals surface area (Å²) in [4.78, 5) is 10.9. The van der Waals surface area contributed by atoms with Gasteiger partial charge in [0.2, 0.25) is 0 Å². The fraction of sp³-hybridized carbons (Fsp3) is 0.316. The largest absolute Gasteiger partial charge is 0.483 e. The van der Waals surface area contributed by atoms with E-state index >= 15 is 0 Å². The van der Waals surface area contributed by atoms with Crippen LogP contribution in [-0.2, 0) is 9.53 Å². The molecule has 0 unspecified atom stereocenters. The molecule has 0 bridgehead atoms. The molecular weight excluding hydrogens is 309 g/mol. The number of aldehydes is 1. The van der Waals surface area contributed by atoms with Crippen molar-refractivity contribution in [3.05, 3.63) is 66.0 Å². The third-order valence-corrected chi connectivity index (χ3v) is 3.56. The SMILES string of the molecule is C[C@H](OC[C@](C)(N)C=O)[C@H](Oc1ccc(F)cc1)c1ccccc1. The standard InChI is InChI=1S/C19H22FNO3/c1-14(23-13-19(2,21)12-22)18(15-6-4-3-5-7-15)24-17-10-8-16(20)9-11-17/h3-12,14,18H,13,21H2,1-2H3/t14-,18-,19+/m0/s1. The van der Waals surface area contributed by atoms with E-state index in [0.29, 0.717) is 12.0 Å². The van der Waals surface area contributed by atoms with Crippen LogP contribution in [0.4, 0.5) is 4.39 Å². The Hall–Kier alpha value is -2.24. The number of hydrogen-bond donors (Lipinski definition) is 1. The predicted molar refractivity (Wildman–Crippen MR) is 90.3 cm³/mol. The van der Waals surface area contributed by atoms with Gasteiger partial charge in [0, 0.05) is 0 Å². The summed E-state index contributed by atoms with van der Waals surface area (Å²) < 4.78 is 24.8. The van der Waals surface area contributed by atoms with Crippen LogP contribution in [0, 0.1) is 5.82 Å². The molecule has 2 aromatic rings. The minimum absolute atomic E-state index is 0.0772. The normalized spacial score (nSPS) is 16.0. The second-order valence-electron chi connectivity index (χ2n) is 6.04. The molecule has 5 heteroatoms. The Morgan fingerprint density at radius 1 is 1.17 bits per heavy atom. The Morgan fingerprint density at radius 3 is 2.38 bits per heavy atom. The average Bonchev–Trinajstić information content (AvgIpc) is 2.60. The van der Waals surface area contributed by atoms with E-state index in [9.17, 15) is 9.18 Å². The fourth-order valence-corrected chi connectivity index (χ4v) is 2.17. The molecule has 0 aliphatic rings. The topological polar surface area (TPSA) is 61.5 Å². The van der Waals surface area contributed by atoms with Crippen molar-refractivity contribution in [1.29, 1.82) is 0 Å². The highest BCUT2D eigenvalue weighted by atomic mass is 19.1. The summed E-state index contributed by atoms with van der Waals surface area (Å²) in [5.41, 5.74) is 5.66. The Bertz CT molecular complexity index is 643. The highest BCUT2D eigenvalue weighted by Crippen LogP contribution is 2.27. The van der Waals surface area contributed by atoms with Crippen LogP contribution in [-0.4, -0.2) is 24.5 Å². The van der Waals surface area contributed by atoms with Gasteiger partial charge in [-0.2, -0.15) is 0 Å². The van der Waals surface area contributed by atoms with Crippen molar-refractivity contribution in [1.82, 2.24) is 0 Å². The molecule has 0 fully saturated rings. The van der Waals surface area contributed by atoms with Gasteiger partial charge in [0.25, 0.3) is 0 Å². The summed E-state index contributed by atoms with van der Waals surface area (Å²) in [5, 5.41) is 0. The lowest BCUT2D eigenvalue weighted by Crippen LogP contribution is -2.44. The van der Waals surface area contributed by atoms with E-state index in [1.165, 1.54) is 12.1 Å². The van der Waals surface area contributed by atoms with Gasteiger partial charge in [0.05, 0.1) is 18.2 Å². The maximum atomic E-state index is 13.1. The Kier molecular flexibility index (Phi) is 6.06. The van der Waals surface area contributed by atoms with E-state index < -0.39 is 11.6 Å². The second kappa shape index (κ2) is 8.04. The molecule has 2 rings (SSSR count). The van der Waals surface area contributed by atoms with Gasteiger partial charge in [-0.3, -0.25) is 0 Å². The summed E-state index contributed by atoms with van der Waals surface area (Å²) in [6.45, 7) is 3.53. The van der Waals surface area contributed by atoms with Gasteiger partial charge in [-0.25, -0.2) is 4.39 Å². The molecule has 24 heavy (non-hydrogen) atoms.